The van der Waals surface area contributed by atoms with Gasteiger partial charge >= 0.3 is 0 Å². The van der Waals surface area contributed by atoms with Crippen LogP contribution in [0.1, 0.15) is 5.56 Å². The standard InChI is InChI=1S/C15H16N2O4S/c1-11-10-13(16(2)3)6-9-15(11)22(20,21)14-7-4-12(5-8-14)17(18)19/h4-10H,1-3H3. The van der Waals surface area contributed by atoms with Crippen molar-refractivity contribution < 1.29 is 13.3 Å². The Kier molecular flexibility index (Phi) is 4.18. The number of nitro groups is 1. The molecule has 116 valence electrons. The smallest absolute Gasteiger partial charge is 0.269 e. The molecule has 0 aliphatic heterocycles. The number of non-ortho nitro benzene ring substituents is 1. The van der Waals surface area contributed by atoms with Crippen LogP contribution in [0.3, 0.4) is 0 Å². The molecule has 0 N–H and O–H groups in total. The summed E-state index contributed by atoms with van der Waals surface area (Å²) in [5.74, 6) is 0. The molecule has 0 saturated heterocycles. The Hall–Kier alpha value is -2.41. The van der Waals surface area contributed by atoms with Gasteiger partial charge in [-0.3, -0.25) is 10.1 Å². The second-order valence-electron chi connectivity index (χ2n) is 5.10. The van der Waals surface area contributed by atoms with E-state index >= 15 is 0 Å². The van der Waals surface area contributed by atoms with Gasteiger partial charge in [0.05, 0.1) is 14.7 Å². The molecule has 0 atom stereocenters. The molecule has 0 aliphatic carbocycles. The van der Waals surface area contributed by atoms with Crippen LogP contribution in [0.25, 0.3) is 0 Å². The zero-order chi connectivity index (χ0) is 16.5. The van der Waals surface area contributed by atoms with Crippen LogP contribution in [0, 0.1) is 17.0 Å². The van der Waals surface area contributed by atoms with Crippen molar-refractivity contribution >= 4 is 21.2 Å². The van der Waals surface area contributed by atoms with Crippen molar-refractivity contribution in [2.45, 2.75) is 16.7 Å². The summed E-state index contributed by atoms with van der Waals surface area (Å²) in [6.07, 6.45) is 0. The Morgan fingerprint density at radius 1 is 1.05 bits per heavy atom. The highest BCUT2D eigenvalue weighted by Crippen LogP contribution is 2.27. The van der Waals surface area contributed by atoms with Gasteiger partial charge < -0.3 is 4.90 Å². The van der Waals surface area contributed by atoms with Gasteiger partial charge in [0.1, 0.15) is 0 Å². The van der Waals surface area contributed by atoms with Gasteiger partial charge in [-0.05, 0) is 42.8 Å². The van der Waals surface area contributed by atoms with Gasteiger partial charge in [-0.2, -0.15) is 0 Å². The second-order valence-corrected chi connectivity index (χ2v) is 7.02. The summed E-state index contributed by atoms with van der Waals surface area (Å²) in [5.41, 5.74) is 1.39. The topological polar surface area (TPSA) is 80.5 Å². The number of hydrogen-bond donors (Lipinski definition) is 0. The minimum absolute atomic E-state index is 0.0406. The number of hydrogen-bond acceptors (Lipinski definition) is 5. The molecule has 2 aromatic carbocycles. The van der Waals surface area contributed by atoms with Crippen LogP contribution in [-0.2, 0) is 9.84 Å². The third-order valence-corrected chi connectivity index (χ3v) is 5.25. The number of rotatable bonds is 4. The van der Waals surface area contributed by atoms with Crippen LogP contribution < -0.4 is 4.90 Å². The predicted octanol–water partition coefficient (Wildman–Crippen LogP) is 2.80. The molecule has 2 aromatic rings. The van der Waals surface area contributed by atoms with Gasteiger partial charge in [0.15, 0.2) is 0 Å². The molecule has 7 heteroatoms. The Bertz CT molecular complexity index is 812. The molecule has 0 radical (unpaired) electrons. The van der Waals surface area contributed by atoms with Crippen LogP contribution in [0.2, 0.25) is 0 Å². The van der Waals surface area contributed by atoms with Gasteiger partial charge in [0, 0.05) is 31.9 Å². The Balaban J connectivity index is 2.48. The van der Waals surface area contributed by atoms with Crippen LogP contribution in [-0.4, -0.2) is 27.4 Å². The third kappa shape index (κ3) is 2.94. The van der Waals surface area contributed by atoms with Crippen LogP contribution >= 0.6 is 0 Å². The summed E-state index contributed by atoms with van der Waals surface area (Å²) in [5, 5.41) is 10.6. The number of anilines is 1. The molecular formula is C15H16N2O4S. The van der Waals surface area contributed by atoms with Crippen molar-refractivity contribution in [3.63, 3.8) is 0 Å². The average molecular weight is 320 g/mol. The zero-order valence-electron chi connectivity index (χ0n) is 12.5. The summed E-state index contributed by atoms with van der Waals surface area (Å²) < 4.78 is 25.3. The minimum atomic E-state index is -3.70. The Morgan fingerprint density at radius 3 is 2.09 bits per heavy atom. The molecule has 0 amide bonds. The molecule has 0 bridgehead atoms. The summed E-state index contributed by atoms with van der Waals surface area (Å²) >= 11 is 0. The van der Waals surface area contributed by atoms with E-state index in [0.29, 0.717) is 5.56 Å². The highest BCUT2D eigenvalue weighted by Gasteiger charge is 2.21. The lowest BCUT2D eigenvalue weighted by atomic mass is 10.2. The average Bonchev–Trinajstić information content (AvgIpc) is 2.46. The molecular weight excluding hydrogens is 304 g/mol. The number of sulfone groups is 1. The van der Waals surface area contributed by atoms with E-state index in [4.69, 9.17) is 0 Å². The lowest BCUT2D eigenvalue weighted by Crippen LogP contribution is -2.10. The molecule has 0 heterocycles. The molecule has 0 spiro atoms. The maximum atomic E-state index is 12.6. The van der Waals surface area contributed by atoms with Crippen molar-refractivity contribution in [1.29, 1.82) is 0 Å². The van der Waals surface area contributed by atoms with E-state index in [0.717, 1.165) is 5.69 Å². The van der Waals surface area contributed by atoms with Gasteiger partial charge in [-0.1, -0.05) is 0 Å². The monoisotopic (exact) mass is 320 g/mol. The fourth-order valence-electron chi connectivity index (χ4n) is 2.09. The molecule has 2 rings (SSSR count). The highest BCUT2D eigenvalue weighted by atomic mass is 32.2. The van der Waals surface area contributed by atoms with E-state index in [1.165, 1.54) is 24.3 Å². The van der Waals surface area contributed by atoms with Crippen LogP contribution in [0.5, 0.6) is 0 Å². The molecule has 0 unspecified atom stereocenters. The van der Waals surface area contributed by atoms with E-state index in [1.807, 2.05) is 19.0 Å². The molecule has 0 aliphatic rings. The maximum absolute atomic E-state index is 12.6. The first kappa shape index (κ1) is 16.0. The summed E-state index contributed by atoms with van der Waals surface area (Å²) in [6, 6.07) is 9.97. The number of benzene rings is 2. The van der Waals surface area contributed by atoms with Crippen LogP contribution in [0.15, 0.2) is 52.3 Å². The van der Waals surface area contributed by atoms with E-state index < -0.39 is 14.8 Å². The lowest BCUT2D eigenvalue weighted by molar-refractivity contribution is -0.384. The van der Waals surface area contributed by atoms with Crippen molar-refractivity contribution in [3.05, 3.63) is 58.1 Å². The van der Waals surface area contributed by atoms with Gasteiger partial charge in [-0.15, -0.1) is 0 Å². The normalized spacial score (nSPS) is 11.2. The fourth-order valence-corrected chi connectivity index (χ4v) is 3.57. The second kappa shape index (κ2) is 5.76. The first-order chi connectivity index (χ1) is 10.2. The zero-order valence-corrected chi connectivity index (χ0v) is 13.3. The fraction of sp³-hybridized carbons (Fsp3) is 0.200. The number of aryl methyl sites for hydroxylation is 1. The Labute approximate surface area is 129 Å². The summed E-state index contributed by atoms with van der Waals surface area (Å²) in [6.45, 7) is 1.73. The predicted molar refractivity (Wildman–Crippen MR) is 84.1 cm³/mol. The van der Waals surface area contributed by atoms with Crippen molar-refractivity contribution in [2.75, 3.05) is 19.0 Å². The van der Waals surface area contributed by atoms with Gasteiger partial charge in [0.25, 0.3) is 5.69 Å². The van der Waals surface area contributed by atoms with Crippen molar-refractivity contribution in [3.8, 4) is 0 Å². The summed E-state index contributed by atoms with van der Waals surface area (Å²) in [7, 11) is 0.0529. The maximum Gasteiger partial charge on any atom is 0.269 e. The van der Waals surface area contributed by atoms with Crippen LogP contribution in [0.4, 0.5) is 11.4 Å². The molecule has 0 fully saturated rings. The third-order valence-electron chi connectivity index (χ3n) is 3.32. The number of nitro benzene ring substituents is 1. The van der Waals surface area contributed by atoms with Crippen molar-refractivity contribution in [2.24, 2.45) is 0 Å². The van der Waals surface area contributed by atoms with E-state index in [2.05, 4.69) is 0 Å². The van der Waals surface area contributed by atoms with Gasteiger partial charge in [-0.25, -0.2) is 8.42 Å². The summed E-state index contributed by atoms with van der Waals surface area (Å²) in [4.78, 5) is 12.2. The van der Waals surface area contributed by atoms with Crippen molar-refractivity contribution in [1.82, 2.24) is 0 Å². The van der Waals surface area contributed by atoms with E-state index in [-0.39, 0.29) is 15.5 Å². The SMILES string of the molecule is Cc1cc(N(C)C)ccc1S(=O)(=O)c1ccc([N+](=O)[O-])cc1. The quantitative estimate of drug-likeness (QED) is 0.639. The first-order valence-corrected chi connectivity index (χ1v) is 7.99. The number of nitrogens with zero attached hydrogens (tertiary/aromatic N) is 2. The molecule has 22 heavy (non-hydrogen) atoms. The minimum Gasteiger partial charge on any atom is -0.378 e. The molecule has 0 aromatic heterocycles. The Morgan fingerprint density at radius 2 is 1.64 bits per heavy atom. The molecule has 0 saturated carbocycles. The van der Waals surface area contributed by atoms with E-state index in [1.54, 1.807) is 25.1 Å². The van der Waals surface area contributed by atoms with Gasteiger partial charge in [0.2, 0.25) is 9.84 Å². The highest BCUT2D eigenvalue weighted by molar-refractivity contribution is 7.91. The lowest BCUT2D eigenvalue weighted by Gasteiger charge is -2.15. The first-order valence-electron chi connectivity index (χ1n) is 6.51. The van der Waals surface area contributed by atoms with E-state index in [9.17, 15) is 18.5 Å². The molecule has 6 nitrogen and oxygen atoms in total. The largest absolute Gasteiger partial charge is 0.378 e.